The number of carbonyl (C=O) groups excluding carboxylic acids is 2. The van der Waals surface area contributed by atoms with Crippen LogP contribution in [-0.2, 0) is 16.1 Å². The highest BCUT2D eigenvalue weighted by Crippen LogP contribution is 2.19. The molecule has 0 saturated carbocycles. The van der Waals surface area contributed by atoms with Gasteiger partial charge in [0.05, 0.1) is 6.54 Å². The molecular weight excluding hydrogens is 406 g/mol. The maximum atomic E-state index is 11.9. The van der Waals surface area contributed by atoms with E-state index in [1.54, 1.807) is 13.0 Å². The van der Waals surface area contributed by atoms with Crippen molar-refractivity contribution in [2.45, 2.75) is 26.8 Å². The van der Waals surface area contributed by atoms with Gasteiger partial charge in [0.25, 0.3) is 0 Å². The van der Waals surface area contributed by atoms with Crippen LogP contribution in [0.5, 0.6) is 0 Å². The summed E-state index contributed by atoms with van der Waals surface area (Å²) in [5.74, 6) is -0.471. The lowest BCUT2D eigenvalue weighted by molar-refractivity contribution is -0.389. The van der Waals surface area contributed by atoms with Gasteiger partial charge in [-0.05, 0) is 40.6 Å². The second-order valence-electron chi connectivity index (χ2n) is 5.63. The van der Waals surface area contributed by atoms with Crippen molar-refractivity contribution in [1.82, 2.24) is 14.9 Å². The molecule has 2 amide bonds. The van der Waals surface area contributed by atoms with Crippen LogP contribution in [0.1, 0.15) is 17.8 Å². The number of nitrogens with one attached hydrogen (secondary N) is 2. The monoisotopic (exact) mass is 423 g/mol. The van der Waals surface area contributed by atoms with Crippen LogP contribution >= 0.6 is 15.9 Å². The standard InChI is InChI=1S/C16H18BrN5O4/c1-10-7-12(17)3-4-13(10)20-16(24)8-18-15(23)5-6-21-9-14(22(25)26)19-11(21)2/h3-4,7,9H,5-6,8H2,1-2H3,(H,18,23)(H,20,24). The third kappa shape index (κ3) is 5.38. The number of aromatic nitrogens is 2. The van der Waals surface area contributed by atoms with Crippen LogP contribution in [0.25, 0.3) is 0 Å². The molecule has 0 aliphatic rings. The highest BCUT2D eigenvalue weighted by Gasteiger charge is 2.15. The van der Waals surface area contributed by atoms with Crippen LogP contribution in [0, 0.1) is 24.0 Å². The smallest absolute Gasteiger partial charge is 0.358 e. The first-order valence-electron chi connectivity index (χ1n) is 7.77. The summed E-state index contributed by atoms with van der Waals surface area (Å²) in [7, 11) is 0. The SMILES string of the molecule is Cc1cc(Br)ccc1NC(=O)CNC(=O)CCn1cc([N+](=O)[O-])nc1C. The predicted molar refractivity (Wildman–Crippen MR) is 98.8 cm³/mol. The van der Waals surface area contributed by atoms with Crippen LogP contribution in [0.3, 0.4) is 0 Å². The molecule has 26 heavy (non-hydrogen) atoms. The number of aryl methyl sites for hydroxylation is 3. The van der Waals surface area contributed by atoms with Crippen molar-refractivity contribution >= 4 is 39.2 Å². The van der Waals surface area contributed by atoms with E-state index < -0.39 is 4.92 Å². The molecule has 0 atom stereocenters. The number of hydrogen-bond acceptors (Lipinski definition) is 5. The fourth-order valence-corrected chi connectivity index (χ4v) is 2.73. The second kappa shape index (κ2) is 8.56. The third-order valence-corrected chi connectivity index (χ3v) is 4.13. The quantitative estimate of drug-likeness (QED) is 0.522. The van der Waals surface area contributed by atoms with Crippen molar-refractivity contribution in [2.75, 3.05) is 11.9 Å². The number of rotatable bonds is 7. The van der Waals surface area contributed by atoms with Crippen molar-refractivity contribution in [2.24, 2.45) is 0 Å². The lowest BCUT2D eigenvalue weighted by atomic mass is 10.2. The van der Waals surface area contributed by atoms with E-state index in [-0.39, 0.29) is 37.1 Å². The molecular formula is C16H18BrN5O4. The van der Waals surface area contributed by atoms with E-state index in [1.165, 1.54) is 10.8 Å². The second-order valence-corrected chi connectivity index (χ2v) is 6.55. The Labute approximate surface area is 158 Å². The molecule has 2 rings (SSSR count). The Hall–Kier alpha value is -2.75. The van der Waals surface area contributed by atoms with Gasteiger partial charge in [0.15, 0.2) is 0 Å². The van der Waals surface area contributed by atoms with Gasteiger partial charge in [-0.15, -0.1) is 0 Å². The van der Waals surface area contributed by atoms with E-state index in [2.05, 4.69) is 31.5 Å². The summed E-state index contributed by atoms with van der Waals surface area (Å²) in [5, 5.41) is 15.9. The zero-order valence-corrected chi connectivity index (χ0v) is 15.9. The van der Waals surface area contributed by atoms with E-state index in [4.69, 9.17) is 0 Å². The number of benzene rings is 1. The maximum Gasteiger partial charge on any atom is 0.381 e. The zero-order valence-electron chi connectivity index (χ0n) is 14.3. The first kappa shape index (κ1) is 19.6. The van der Waals surface area contributed by atoms with Gasteiger partial charge in [-0.2, -0.15) is 0 Å². The first-order valence-corrected chi connectivity index (χ1v) is 8.56. The molecule has 0 unspecified atom stereocenters. The minimum Gasteiger partial charge on any atom is -0.358 e. The third-order valence-electron chi connectivity index (χ3n) is 3.64. The van der Waals surface area contributed by atoms with Crippen molar-refractivity contribution in [3.05, 3.63) is 50.4 Å². The Kier molecular flexibility index (Phi) is 6.45. The molecule has 1 aromatic heterocycles. The van der Waals surface area contributed by atoms with E-state index in [0.717, 1.165) is 10.0 Å². The molecule has 1 aromatic carbocycles. The van der Waals surface area contributed by atoms with Crippen LogP contribution in [0.15, 0.2) is 28.9 Å². The summed E-state index contributed by atoms with van der Waals surface area (Å²) in [6.07, 6.45) is 1.37. The molecule has 0 fully saturated rings. The summed E-state index contributed by atoms with van der Waals surface area (Å²) < 4.78 is 2.44. The summed E-state index contributed by atoms with van der Waals surface area (Å²) in [6, 6.07) is 5.46. The largest absolute Gasteiger partial charge is 0.381 e. The van der Waals surface area contributed by atoms with Crippen LogP contribution in [0.2, 0.25) is 0 Å². The minimum atomic E-state index is -0.585. The maximum absolute atomic E-state index is 11.9. The molecule has 1 heterocycles. The fraction of sp³-hybridized carbons (Fsp3) is 0.312. The topological polar surface area (TPSA) is 119 Å². The van der Waals surface area contributed by atoms with E-state index in [9.17, 15) is 19.7 Å². The Morgan fingerprint density at radius 3 is 2.65 bits per heavy atom. The molecule has 2 aromatic rings. The van der Waals surface area contributed by atoms with Gasteiger partial charge in [-0.3, -0.25) is 9.59 Å². The first-order chi connectivity index (χ1) is 12.3. The minimum absolute atomic E-state index is 0.0823. The summed E-state index contributed by atoms with van der Waals surface area (Å²) in [5.41, 5.74) is 1.57. The van der Waals surface area contributed by atoms with Gasteiger partial charge in [0, 0.05) is 30.0 Å². The number of nitro groups is 1. The van der Waals surface area contributed by atoms with Crippen molar-refractivity contribution < 1.29 is 14.5 Å². The van der Waals surface area contributed by atoms with Gasteiger partial charge >= 0.3 is 5.82 Å². The van der Waals surface area contributed by atoms with Crippen LogP contribution < -0.4 is 10.6 Å². The lowest BCUT2D eigenvalue weighted by Gasteiger charge is -2.10. The average Bonchev–Trinajstić information content (AvgIpc) is 2.95. The van der Waals surface area contributed by atoms with Gasteiger partial charge in [-0.25, -0.2) is 0 Å². The highest BCUT2D eigenvalue weighted by atomic mass is 79.9. The van der Waals surface area contributed by atoms with Gasteiger partial charge in [0.2, 0.25) is 17.6 Å². The summed E-state index contributed by atoms with van der Waals surface area (Å²) in [6.45, 7) is 3.58. The van der Waals surface area contributed by atoms with Crippen molar-refractivity contribution in [3.8, 4) is 0 Å². The Bertz CT molecular complexity index is 849. The predicted octanol–water partition coefficient (Wildman–Crippen LogP) is 2.32. The van der Waals surface area contributed by atoms with Crippen molar-refractivity contribution in [1.29, 1.82) is 0 Å². The molecule has 2 N–H and O–H groups in total. The highest BCUT2D eigenvalue weighted by molar-refractivity contribution is 9.10. The van der Waals surface area contributed by atoms with Gasteiger partial charge < -0.3 is 25.3 Å². The van der Waals surface area contributed by atoms with Crippen LogP contribution in [0.4, 0.5) is 11.5 Å². The van der Waals surface area contributed by atoms with Crippen LogP contribution in [-0.4, -0.2) is 32.8 Å². The van der Waals surface area contributed by atoms with Gasteiger partial charge in [-0.1, -0.05) is 15.9 Å². The van der Waals surface area contributed by atoms with Crippen molar-refractivity contribution in [3.63, 3.8) is 0 Å². The number of amides is 2. The molecule has 138 valence electrons. The number of carbonyl (C=O) groups is 2. The van der Waals surface area contributed by atoms with E-state index in [1.807, 2.05) is 19.1 Å². The molecule has 0 radical (unpaired) electrons. The molecule has 0 aliphatic heterocycles. The lowest BCUT2D eigenvalue weighted by Crippen LogP contribution is -2.33. The zero-order chi connectivity index (χ0) is 19.3. The number of halogens is 1. The Balaban J connectivity index is 1.79. The number of nitrogens with zero attached hydrogens (tertiary/aromatic N) is 3. The molecule has 9 nitrogen and oxygen atoms in total. The summed E-state index contributed by atoms with van der Waals surface area (Å²) >= 11 is 3.35. The Morgan fingerprint density at radius 1 is 1.31 bits per heavy atom. The number of hydrogen-bond donors (Lipinski definition) is 2. The number of anilines is 1. The molecule has 0 aliphatic carbocycles. The molecule has 0 saturated heterocycles. The number of imidazole rings is 1. The van der Waals surface area contributed by atoms with E-state index in [0.29, 0.717) is 11.5 Å². The fourth-order valence-electron chi connectivity index (χ4n) is 2.26. The Morgan fingerprint density at radius 2 is 2.04 bits per heavy atom. The molecule has 0 spiro atoms. The van der Waals surface area contributed by atoms with E-state index >= 15 is 0 Å². The summed E-state index contributed by atoms with van der Waals surface area (Å²) in [4.78, 5) is 37.7. The normalized spacial score (nSPS) is 10.4. The van der Waals surface area contributed by atoms with Gasteiger partial charge in [0.1, 0.15) is 6.20 Å². The molecule has 0 bridgehead atoms. The average molecular weight is 424 g/mol. The molecule has 10 heteroatoms.